The van der Waals surface area contributed by atoms with Gasteiger partial charge in [-0.3, -0.25) is 0 Å². The number of unbranched alkanes of at least 4 members (excludes halogenated alkanes) is 2. The van der Waals surface area contributed by atoms with E-state index >= 15 is 0 Å². The zero-order chi connectivity index (χ0) is 11.9. The second kappa shape index (κ2) is 7.60. The zero-order valence-corrected chi connectivity index (χ0v) is 15.9. The van der Waals surface area contributed by atoms with Gasteiger partial charge in [0.2, 0.25) is 0 Å². The molecule has 0 aromatic heterocycles. The van der Waals surface area contributed by atoms with Crippen LogP contribution in [0.15, 0.2) is 0 Å². The SMILES string of the molecule is CCC[CH2][Sn]([Cl])([CH2]CCC)[CH2][Si](C)(C)C. The van der Waals surface area contributed by atoms with Gasteiger partial charge in [-0.1, -0.05) is 0 Å². The Balaban J connectivity index is 4.26. The van der Waals surface area contributed by atoms with Gasteiger partial charge in [-0.05, 0) is 0 Å². The standard InChI is InChI=1S/C4H11Si.2C4H9.ClH.Sn/c1-5(2,3)4;2*1-3-4-2;;/h1H2,2-4H3;2*1,3-4H2,2H3;1H;/q;;;;+1/p-1. The third kappa shape index (κ3) is 9.05. The van der Waals surface area contributed by atoms with Crippen molar-refractivity contribution in [3.8, 4) is 0 Å². The van der Waals surface area contributed by atoms with Crippen LogP contribution in [0.25, 0.3) is 0 Å². The van der Waals surface area contributed by atoms with E-state index in [4.69, 9.17) is 8.92 Å². The van der Waals surface area contributed by atoms with E-state index in [1.54, 1.807) is 0 Å². The first-order valence-electron chi connectivity index (χ1n) is 6.52. The second-order valence-corrected chi connectivity index (χ2v) is 29.4. The second-order valence-electron chi connectivity index (χ2n) is 6.10. The molecule has 0 amide bonds. The molecule has 92 valence electrons. The van der Waals surface area contributed by atoms with Crippen LogP contribution in [0.3, 0.4) is 0 Å². The van der Waals surface area contributed by atoms with Gasteiger partial charge >= 0.3 is 106 Å². The van der Waals surface area contributed by atoms with Crippen molar-refractivity contribution in [2.45, 2.75) is 72.1 Å². The molecule has 0 radical (unpaired) electrons. The fraction of sp³-hybridized carbons (Fsp3) is 1.00. The predicted molar refractivity (Wildman–Crippen MR) is 79.2 cm³/mol. The van der Waals surface area contributed by atoms with E-state index in [0.717, 1.165) is 0 Å². The molecule has 0 aromatic rings. The Kier molecular flexibility index (Phi) is 8.26. The Morgan fingerprint density at radius 1 is 0.933 bits per heavy atom. The van der Waals surface area contributed by atoms with E-state index in [-0.39, 0.29) is 0 Å². The molecule has 3 heteroatoms. The molecule has 0 heterocycles. The Morgan fingerprint density at radius 3 is 1.60 bits per heavy atom. The van der Waals surface area contributed by atoms with Crippen molar-refractivity contribution in [1.82, 2.24) is 0 Å². The van der Waals surface area contributed by atoms with Crippen LogP contribution in [0.2, 0.25) is 32.6 Å². The van der Waals surface area contributed by atoms with E-state index in [2.05, 4.69) is 33.5 Å². The van der Waals surface area contributed by atoms with Gasteiger partial charge in [-0.2, -0.15) is 0 Å². The average molecular weight is 356 g/mol. The number of rotatable bonds is 8. The maximum atomic E-state index is 7.03. The summed E-state index contributed by atoms with van der Waals surface area (Å²) in [6, 6.07) is 0. The predicted octanol–water partition coefficient (Wildman–Crippen LogP) is 5.65. The Bertz CT molecular complexity index is 157. The molecule has 0 saturated heterocycles. The van der Waals surface area contributed by atoms with Crippen molar-refractivity contribution < 1.29 is 0 Å². The molecule has 0 aliphatic rings. The van der Waals surface area contributed by atoms with Crippen molar-refractivity contribution in [3.63, 3.8) is 0 Å². The van der Waals surface area contributed by atoms with Crippen LogP contribution >= 0.6 is 8.92 Å². The summed E-state index contributed by atoms with van der Waals surface area (Å²) in [7, 11) is 6.09. The molecular weight excluding hydrogens is 326 g/mol. The number of hydrogen-bond acceptors (Lipinski definition) is 0. The van der Waals surface area contributed by atoms with E-state index < -0.39 is 25.3 Å². The van der Waals surface area contributed by atoms with Crippen molar-refractivity contribution in [3.05, 3.63) is 0 Å². The fourth-order valence-corrected chi connectivity index (χ4v) is 40.0. The Labute approximate surface area is 106 Å². The van der Waals surface area contributed by atoms with Gasteiger partial charge in [-0.25, -0.2) is 0 Å². The van der Waals surface area contributed by atoms with Gasteiger partial charge in [-0.15, -0.1) is 0 Å². The van der Waals surface area contributed by atoms with Crippen LogP contribution in [-0.4, -0.2) is 25.3 Å². The molecule has 0 rings (SSSR count). The van der Waals surface area contributed by atoms with Gasteiger partial charge in [0.25, 0.3) is 0 Å². The number of hydrogen-bond donors (Lipinski definition) is 0. The van der Waals surface area contributed by atoms with Crippen LogP contribution in [-0.2, 0) is 0 Å². The quantitative estimate of drug-likeness (QED) is 0.494. The van der Waals surface area contributed by atoms with Gasteiger partial charge in [0.1, 0.15) is 0 Å². The molecular formula is C12H29ClSiSn. The summed E-state index contributed by atoms with van der Waals surface area (Å²) in [5, 5.41) is 0. The zero-order valence-electron chi connectivity index (χ0n) is 11.3. The van der Waals surface area contributed by atoms with Gasteiger partial charge in [0.15, 0.2) is 0 Å². The summed E-state index contributed by atoms with van der Waals surface area (Å²) in [5.41, 5.74) is 0. The molecule has 0 atom stereocenters. The third-order valence-electron chi connectivity index (χ3n) is 2.80. The average Bonchev–Trinajstić information content (AvgIpc) is 2.09. The van der Waals surface area contributed by atoms with Crippen LogP contribution in [0.1, 0.15) is 39.5 Å². The summed E-state index contributed by atoms with van der Waals surface area (Å²) in [4.78, 5) is 0. The van der Waals surface area contributed by atoms with Crippen molar-refractivity contribution in [2.24, 2.45) is 0 Å². The maximum absolute atomic E-state index is 7.03. The molecule has 0 aromatic carbocycles. The summed E-state index contributed by atoms with van der Waals surface area (Å²) >= 11 is -2.17. The van der Waals surface area contributed by atoms with Crippen molar-refractivity contribution in [2.75, 3.05) is 0 Å². The Hall–Kier alpha value is 1.31. The molecule has 0 spiro atoms. The number of halogens is 1. The first-order valence-corrected chi connectivity index (χ1v) is 19.9. The summed E-state index contributed by atoms with van der Waals surface area (Å²) in [6.07, 6.45) is 5.41. The molecule has 0 saturated carbocycles. The fourth-order valence-electron chi connectivity index (χ4n) is 2.24. The summed E-state index contributed by atoms with van der Waals surface area (Å²) < 4.78 is 4.34. The van der Waals surface area contributed by atoms with Crippen LogP contribution in [0.4, 0.5) is 0 Å². The van der Waals surface area contributed by atoms with Gasteiger partial charge < -0.3 is 0 Å². The first kappa shape index (κ1) is 16.3. The minimum atomic E-state index is -2.17. The molecule has 0 nitrogen and oxygen atoms in total. The molecule has 0 aliphatic carbocycles. The first-order chi connectivity index (χ1) is 6.83. The summed E-state index contributed by atoms with van der Waals surface area (Å²) in [5.74, 6) is 0. The summed E-state index contributed by atoms with van der Waals surface area (Å²) in [6.45, 7) is 12.0. The minimum absolute atomic E-state index is 0.931. The van der Waals surface area contributed by atoms with E-state index in [9.17, 15) is 0 Å². The molecule has 15 heavy (non-hydrogen) atoms. The van der Waals surface area contributed by atoms with Gasteiger partial charge in [0, 0.05) is 0 Å². The molecule has 0 N–H and O–H groups in total. The molecule has 0 bridgehead atoms. The van der Waals surface area contributed by atoms with Crippen LogP contribution in [0.5, 0.6) is 0 Å². The van der Waals surface area contributed by atoms with Crippen LogP contribution in [0, 0.1) is 0 Å². The van der Waals surface area contributed by atoms with Crippen LogP contribution < -0.4 is 0 Å². The Morgan fingerprint density at radius 2 is 1.33 bits per heavy atom. The van der Waals surface area contributed by atoms with E-state index in [1.165, 1.54) is 38.6 Å². The van der Waals surface area contributed by atoms with Crippen molar-refractivity contribution in [1.29, 1.82) is 0 Å². The van der Waals surface area contributed by atoms with Crippen molar-refractivity contribution >= 4 is 34.2 Å². The third-order valence-corrected chi connectivity index (χ3v) is 31.4. The molecule has 0 unspecified atom stereocenters. The topological polar surface area (TPSA) is 0 Å². The van der Waals surface area contributed by atoms with E-state index in [1.807, 2.05) is 0 Å². The normalized spacial score (nSPS) is 13.2. The monoisotopic (exact) mass is 356 g/mol. The molecule has 0 fully saturated rings. The van der Waals surface area contributed by atoms with Gasteiger partial charge in [0.05, 0.1) is 0 Å². The van der Waals surface area contributed by atoms with E-state index in [0.29, 0.717) is 0 Å². The molecule has 0 aliphatic heterocycles.